The van der Waals surface area contributed by atoms with Gasteiger partial charge in [0, 0.05) is 18.6 Å². The second-order valence-corrected chi connectivity index (χ2v) is 6.28. The van der Waals surface area contributed by atoms with E-state index >= 15 is 0 Å². The summed E-state index contributed by atoms with van der Waals surface area (Å²) in [7, 11) is 0. The number of hydrogen-bond donors (Lipinski definition) is 1. The van der Waals surface area contributed by atoms with Gasteiger partial charge in [0.1, 0.15) is 0 Å². The smallest absolute Gasteiger partial charge is 0.0575 e. The summed E-state index contributed by atoms with van der Waals surface area (Å²) in [5.41, 5.74) is 0.282. The molecule has 100 valence electrons. The molecule has 0 aromatic rings. The van der Waals surface area contributed by atoms with Crippen LogP contribution in [0.4, 0.5) is 0 Å². The second kappa shape index (κ2) is 6.44. The van der Waals surface area contributed by atoms with E-state index in [1.165, 1.54) is 25.7 Å². The van der Waals surface area contributed by atoms with E-state index in [1.807, 2.05) is 0 Å². The highest BCUT2D eigenvalue weighted by Gasteiger charge is 2.33. The van der Waals surface area contributed by atoms with Crippen LogP contribution in [-0.4, -0.2) is 31.7 Å². The van der Waals surface area contributed by atoms with E-state index in [1.54, 1.807) is 0 Å². The molecular weight excluding hydrogens is 232 g/mol. The molecule has 0 amide bonds. The first-order chi connectivity index (χ1) is 8.24. The number of rotatable bonds is 4. The maximum Gasteiger partial charge on any atom is 0.0575 e. The van der Waals surface area contributed by atoms with Gasteiger partial charge in [-0.15, -0.1) is 0 Å². The lowest BCUT2D eigenvalue weighted by Gasteiger charge is -2.37. The predicted octanol–water partition coefficient (Wildman–Crippen LogP) is 3.31. The third-order valence-electron chi connectivity index (χ3n) is 4.48. The van der Waals surface area contributed by atoms with Crippen molar-refractivity contribution in [3.05, 3.63) is 0 Å². The number of hydrogen-bond acceptors (Lipinski definition) is 3. The Labute approximate surface area is 111 Å². The Morgan fingerprint density at radius 3 is 2.41 bits per heavy atom. The van der Waals surface area contributed by atoms with Crippen LogP contribution in [0.5, 0.6) is 0 Å². The second-order valence-electron chi connectivity index (χ2n) is 5.96. The van der Waals surface area contributed by atoms with Crippen molar-refractivity contribution in [1.29, 1.82) is 0 Å². The molecule has 2 rings (SSSR count). The third-order valence-corrected chi connectivity index (χ3v) is 5.15. The molecular formula is C14H26O2S. The molecule has 2 nitrogen and oxygen atoms in total. The minimum Gasteiger partial charge on any atom is -0.381 e. The van der Waals surface area contributed by atoms with Crippen molar-refractivity contribution in [2.24, 2.45) is 11.3 Å². The molecule has 0 aromatic heterocycles. The molecule has 1 saturated carbocycles. The van der Waals surface area contributed by atoms with Gasteiger partial charge in [0.2, 0.25) is 0 Å². The summed E-state index contributed by atoms with van der Waals surface area (Å²) >= 11 is 4.53. The zero-order valence-electron chi connectivity index (χ0n) is 11.0. The highest BCUT2D eigenvalue weighted by atomic mass is 32.1. The summed E-state index contributed by atoms with van der Waals surface area (Å²) in [6, 6.07) is 0. The van der Waals surface area contributed by atoms with E-state index < -0.39 is 0 Å². The molecule has 0 atom stereocenters. The molecule has 0 spiro atoms. The summed E-state index contributed by atoms with van der Waals surface area (Å²) in [6.07, 6.45) is 7.90. The number of thiol groups is 1. The van der Waals surface area contributed by atoms with Gasteiger partial charge in [-0.2, -0.15) is 12.6 Å². The topological polar surface area (TPSA) is 18.5 Å². The van der Waals surface area contributed by atoms with E-state index in [9.17, 15) is 0 Å². The largest absolute Gasteiger partial charge is 0.381 e. The van der Waals surface area contributed by atoms with Crippen LogP contribution >= 0.6 is 12.6 Å². The zero-order chi connectivity index (χ0) is 12.1. The molecule has 17 heavy (non-hydrogen) atoms. The van der Waals surface area contributed by atoms with Gasteiger partial charge < -0.3 is 9.47 Å². The van der Waals surface area contributed by atoms with Gasteiger partial charge in [-0.3, -0.25) is 0 Å². The van der Waals surface area contributed by atoms with Gasteiger partial charge in [-0.1, -0.05) is 6.92 Å². The summed E-state index contributed by atoms with van der Waals surface area (Å²) < 4.78 is 11.6. The van der Waals surface area contributed by atoms with E-state index in [-0.39, 0.29) is 5.41 Å². The zero-order valence-corrected chi connectivity index (χ0v) is 11.9. The van der Waals surface area contributed by atoms with Crippen LogP contribution in [0.2, 0.25) is 0 Å². The van der Waals surface area contributed by atoms with Crippen LogP contribution in [0.15, 0.2) is 0 Å². The first-order valence-corrected chi connectivity index (χ1v) is 7.67. The molecule has 0 bridgehead atoms. The third kappa shape index (κ3) is 3.87. The molecule has 2 aliphatic rings. The monoisotopic (exact) mass is 258 g/mol. The van der Waals surface area contributed by atoms with Crippen molar-refractivity contribution in [2.75, 3.05) is 25.6 Å². The van der Waals surface area contributed by atoms with Crippen LogP contribution in [0.1, 0.15) is 45.4 Å². The van der Waals surface area contributed by atoms with E-state index in [0.717, 1.165) is 44.3 Å². The van der Waals surface area contributed by atoms with Crippen LogP contribution in [-0.2, 0) is 9.47 Å². The van der Waals surface area contributed by atoms with Crippen LogP contribution in [0.3, 0.4) is 0 Å². The lowest BCUT2D eigenvalue weighted by atomic mass is 9.82. The van der Waals surface area contributed by atoms with E-state index in [4.69, 9.17) is 9.47 Å². The van der Waals surface area contributed by atoms with Crippen molar-refractivity contribution >= 4 is 12.6 Å². The fourth-order valence-electron chi connectivity index (χ4n) is 2.84. The molecule has 1 heterocycles. The summed E-state index contributed by atoms with van der Waals surface area (Å²) in [4.78, 5) is 0. The lowest BCUT2D eigenvalue weighted by Crippen LogP contribution is -2.37. The fraction of sp³-hybridized carbons (Fsp3) is 1.00. The number of ether oxygens (including phenoxy) is 2. The fourth-order valence-corrected chi connectivity index (χ4v) is 3.25. The van der Waals surface area contributed by atoms with Crippen LogP contribution < -0.4 is 0 Å². The maximum absolute atomic E-state index is 6.16. The van der Waals surface area contributed by atoms with Gasteiger partial charge in [0.05, 0.1) is 12.7 Å². The molecule has 0 N–H and O–H groups in total. The maximum atomic E-state index is 6.16. The van der Waals surface area contributed by atoms with E-state index in [0.29, 0.717) is 6.10 Å². The summed E-state index contributed by atoms with van der Waals surface area (Å²) in [6.45, 7) is 5.00. The molecule has 2 fully saturated rings. The average Bonchev–Trinajstić information content (AvgIpc) is 2.39. The summed E-state index contributed by atoms with van der Waals surface area (Å²) in [5.74, 6) is 1.83. The normalized spacial score (nSPS) is 33.5. The van der Waals surface area contributed by atoms with E-state index in [2.05, 4.69) is 19.6 Å². The van der Waals surface area contributed by atoms with Gasteiger partial charge in [-0.25, -0.2) is 0 Å². The van der Waals surface area contributed by atoms with Crippen molar-refractivity contribution in [1.82, 2.24) is 0 Å². The highest BCUT2D eigenvalue weighted by Crippen LogP contribution is 2.34. The average molecular weight is 258 g/mol. The molecule has 1 saturated heterocycles. The minimum absolute atomic E-state index is 0.282. The first kappa shape index (κ1) is 13.7. The lowest BCUT2D eigenvalue weighted by molar-refractivity contribution is -0.0633. The van der Waals surface area contributed by atoms with Gasteiger partial charge in [0.25, 0.3) is 0 Å². The SMILES string of the molecule is CC1CCC(OCC2(CS)CCOCC2)CC1. The molecule has 1 aliphatic heterocycles. The highest BCUT2D eigenvalue weighted by molar-refractivity contribution is 7.80. The Bertz CT molecular complexity index is 218. The first-order valence-electron chi connectivity index (χ1n) is 7.04. The predicted molar refractivity (Wildman–Crippen MR) is 73.7 cm³/mol. The summed E-state index contributed by atoms with van der Waals surface area (Å²) in [5, 5.41) is 0. The minimum atomic E-state index is 0.282. The Morgan fingerprint density at radius 1 is 1.18 bits per heavy atom. The molecule has 0 unspecified atom stereocenters. The molecule has 0 radical (unpaired) electrons. The standard InChI is InChI=1S/C14H26O2S/c1-12-2-4-13(5-3-12)16-10-14(11-17)6-8-15-9-7-14/h12-13,17H,2-11H2,1H3. The quantitative estimate of drug-likeness (QED) is 0.780. The molecule has 0 aromatic carbocycles. The van der Waals surface area contributed by atoms with Crippen LogP contribution in [0.25, 0.3) is 0 Å². The van der Waals surface area contributed by atoms with Gasteiger partial charge in [0.15, 0.2) is 0 Å². The van der Waals surface area contributed by atoms with Crippen molar-refractivity contribution in [2.45, 2.75) is 51.6 Å². The van der Waals surface area contributed by atoms with Crippen LogP contribution in [0, 0.1) is 11.3 Å². The Hall–Kier alpha value is 0.270. The Balaban J connectivity index is 1.75. The molecule has 1 aliphatic carbocycles. The Kier molecular flexibility index (Phi) is 5.19. The van der Waals surface area contributed by atoms with Gasteiger partial charge >= 0.3 is 0 Å². The van der Waals surface area contributed by atoms with Crippen molar-refractivity contribution in [3.8, 4) is 0 Å². The Morgan fingerprint density at radius 2 is 1.82 bits per heavy atom. The molecule has 3 heteroatoms. The van der Waals surface area contributed by atoms with Crippen molar-refractivity contribution < 1.29 is 9.47 Å². The van der Waals surface area contributed by atoms with Crippen molar-refractivity contribution in [3.63, 3.8) is 0 Å². The van der Waals surface area contributed by atoms with Gasteiger partial charge in [-0.05, 0) is 50.2 Å².